The first-order chi connectivity index (χ1) is 9.15. The van der Waals surface area contributed by atoms with Crippen LogP contribution in [0.25, 0.3) is 0 Å². The number of hydrogen-bond acceptors (Lipinski definition) is 2. The van der Waals surface area contributed by atoms with Crippen LogP contribution in [0.1, 0.15) is 11.6 Å². The number of anilines is 2. The van der Waals surface area contributed by atoms with E-state index < -0.39 is 6.04 Å². The van der Waals surface area contributed by atoms with Crippen LogP contribution in [-0.2, 0) is 4.79 Å². The first kappa shape index (κ1) is 12.4. The van der Waals surface area contributed by atoms with Gasteiger partial charge in [0.2, 0.25) is 0 Å². The lowest BCUT2D eigenvalue weighted by molar-refractivity contribution is -0.116. The van der Waals surface area contributed by atoms with Crippen LogP contribution in [0.15, 0.2) is 42.5 Å². The van der Waals surface area contributed by atoms with E-state index in [2.05, 4.69) is 33.2 Å². The zero-order valence-electron chi connectivity index (χ0n) is 9.78. The Labute approximate surface area is 123 Å². The molecule has 0 saturated heterocycles. The second-order valence-electron chi connectivity index (χ2n) is 4.28. The molecule has 0 saturated carbocycles. The molecule has 0 aliphatic carbocycles. The van der Waals surface area contributed by atoms with E-state index in [-0.39, 0.29) is 11.7 Å². The first-order valence-corrected chi connectivity index (χ1v) is 6.84. The average Bonchev–Trinajstić information content (AvgIpc) is 2.69. The molecule has 0 radical (unpaired) electrons. The van der Waals surface area contributed by atoms with Gasteiger partial charge in [-0.2, -0.15) is 0 Å². The molecule has 1 atom stereocenters. The van der Waals surface area contributed by atoms with Crippen molar-refractivity contribution in [1.82, 2.24) is 0 Å². The molecule has 1 unspecified atom stereocenters. The molecule has 1 heterocycles. The van der Waals surface area contributed by atoms with Gasteiger partial charge in [0.25, 0.3) is 5.91 Å². The van der Waals surface area contributed by atoms with Crippen molar-refractivity contribution in [2.75, 3.05) is 10.6 Å². The summed E-state index contributed by atoms with van der Waals surface area (Å²) in [6.07, 6.45) is 0. The Kier molecular flexibility index (Phi) is 3.14. The predicted molar refractivity (Wildman–Crippen MR) is 80.6 cm³/mol. The third kappa shape index (κ3) is 2.30. The summed E-state index contributed by atoms with van der Waals surface area (Å²) < 4.78 is 14.3. The van der Waals surface area contributed by atoms with E-state index in [4.69, 9.17) is 0 Å². The second-order valence-corrected chi connectivity index (χ2v) is 5.44. The van der Waals surface area contributed by atoms with Crippen LogP contribution >= 0.6 is 22.6 Å². The minimum atomic E-state index is -0.554. The quantitative estimate of drug-likeness (QED) is 0.797. The summed E-state index contributed by atoms with van der Waals surface area (Å²) >= 11 is 2.19. The minimum absolute atomic E-state index is 0.166. The highest BCUT2D eigenvalue weighted by atomic mass is 127. The van der Waals surface area contributed by atoms with Gasteiger partial charge in [0.05, 0.1) is 0 Å². The molecule has 1 aliphatic heterocycles. The molecule has 96 valence electrons. The molecular formula is C14H10FIN2O. The number of halogens is 2. The van der Waals surface area contributed by atoms with Gasteiger partial charge >= 0.3 is 0 Å². The molecule has 2 N–H and O–H groups in total. The standard InChI is InChI=1S/C14H10FIN2O/c15-8-5-6-11-9(7-8)13(14(19)18-11)17-12-4-2-1-3-10(12)16/h1-7,13,17H,(H,18,19). The molecule has 0 fully saturated rings. The fraction of sp³-hybridized carbons (Fsp3) is 0.0714. The van der Waals surface area contributed by atoms with E-state index in [1.165, 1.54) is 12.1 Å². The topological polar surface area (TPSA) is 41.1 Å². The van der Waals surface area contributed by atoms with E-state index in [1.54, 1.807) is 6.07 Å². The van der Waals surface area contributed by atoms with Gasteiger partial charge in [-0.05, 0) is 52.9 Å². The smallest absolute Gasteiger partial charge is 0.251 e. The molecule has 19 heavy (non-hydrogen) atoms. The van der Waals surface area contributed by atoms with Crippen LogP contribution in [0.4, 0.5) is 15.8 Å². The molecule has 5 heteroatoms. The van der Waals surface area contributed by atoms with E-state index in [9.17, 15) is 9.18 Å². The number of rotatable bonds is 2. The van der Waals surface area contributed by atoms with Gasteiger partial charge in [-0.25, -0.2) is 4.39 Å². The molecule has 3 nitrogen and oxygen atoms in total. The zero-order valence-corrected chi connectivity index (χ0v) is 11.9. The highest BCUT2D eigenvalue weighted by Gasteiger charge is 2.31. The fourth-order valence-electron chi connectivity index (χ4n) is 2.11. The number of carbonyl (C=O) groups excluding carboxylic acids is 1. The second kappa shape index (κ2) is 4.80. The summed E-state index contributed by atoms with van der Waals surface area (Å²) in [5.74, 6) is -0.509. The summed E-state index contributed by atoms with van der Waals surface area (Å²) in [4.78, 5) is 12.0. The number of nitrogens with one attached hydrogen (secondary N) is 2. The van der Waals surface area contributed by atoms with Crippen LogP contribution < -0.4 is 10.6 Å². The van der Waals surface area contributed by atoms with Crippen LogP contribution in [-0.4, -0.2) is 5.91 Å². The number of fused-ring (bicyclic) bond motifs is 1. The highest BCUT2D eigenvalue weighted by molar-refractivity contribution is 14.1. The van der Waals surface area contributed by atoms with Crippen molar-refractivity contribution < 1.29 is 9.18 Å². The van der Waals surface area contributed by atoms with Crippen molar-refractivity contribution in [2.24, 2.45) is 0 Å². The summed E-state index contributed by atoms with van der Waals surface area (Å²) in [5, 5.41) is 5.90. The maximum Gasteiger partial charge on any atom is 0.251 e. The molecule has 2 aromatic rings. The van der Waals surface area contributed by atoms with E-state index in [0.29, 0.717) is 11.3 Å². The van der Waals surface area contributed by atoms with E-state index in [1.807, 2.05) is 24.3 Å². The normalized spacial score (nSPS) is 16.9. The average molecular weight is 368 g/mol. The Morgan fingerprint density at radius 3 is 2.79 bits per heavy atom. The third-order valence-electron chi connectivity index (χ3n) is 3.02. The van der Waals surface area contributed by atoms with Gasteiger partial charge in [-0.3, -0.25) is 4.79 Å². The summed E-state index contributed by atoms with van der Waals surface area (Å²) in [7, 11) is 0. The molecule has 1 aliphatic rings. The lowest BCUT2D eigenvalue weighted by Crippen LogP contribution is -2.20. The van der Waals surface area contributed by atoms with Gasteiger partial charge in [-0.1, -0.05) is 12.1 Å². The van der Waals surface area contributed by atoms with Crippen molar-refractivity contribution in [1.29, 1.82) is 0 Å². The van der Waals surface area contributed by atoms with Crippen LogP contribution in [0.3, 0.4) is 0 Å². The van der Waals surface area contributed by atoms with Gasteiger partial charge in [-0.15, -0.1) is 0 Å². The van der Waals surface area contributed by atoms with Gasteiger partial charge in [0.15, 0.2) is 0 Å². The number of para-hydroxylation sites is 1. The van der Waals surface area contributed by atoms with Crippen molar-refractivity contribution in [2.45, 2.75) is 6.04 Å². The molecular weight excluding hydrogens is 358 g/mol. The summed E-state index contributed by atoms with van der Waals surface area (Å²) in [6, 6.07) is 11.4. The molecule has 2 aromatic carbocycles. The molecule has 0 spiro atoms. The SMILES string of the molecule is O=C1Nc2ccc(F)cc2C1Nc1ccccc1I. The largest absolute Gasteiger partial charge is 0.369 e. The maximum absolute atomic E-state index is 13.3. The monoisotopic (exact) mass is 368 g/mol. The summed E-state index contributed by atoms with van der Waals surface area (Å²) in [5.41, 5.74) is 2.17. The van der Waals surface area contributed by atoms with Crippen LogP contribution in [0, 0.1) is 9.39 Å². The van der Waals surface area contributed by atoms with Crippen LogP contribution in [0.2, 0.25) is 0 Å². The number of hydrogen-bond donors (Lipinski definition) is 2. The van der Waals surface area contributed by atoms with Gasteiger partial charge < -0.3 is 10.6 Å². The Morgan fingerprint density at radius 1 is 1.21 bits per heavy atom. The lowest BCUT2D eigenvalue weighted by Gasteiger charge is -2.14. The highest BCUT2D eigenvalue weighted by Crippen LogP contribution is 2.34. The maximum atomic E-state index is 13.3. The Hall–Kier alpha value is -1.63. The first-order valence-electron chi connectivity index (χ1n) is 5.76. The third-order valence-corrected chi connectivity index (χ3v) is 3.96. The Bertz CT molecular complexity index is 660. The summed E-state index contributed by atoms with van der Waals surface area (Å²) in [6.45, 7) is 0. The zero-order chi connectivity index (χ0) is 13.4. The predicted octanol–water partition coefficient (Wildman–Crippen LogP) is 3.54. The van der Waals surface area contributed by atoms with Crippen LogP contribution in [0.5, 0.6) is 0 Å². The molecule has 1 amide bonds. The molecule has 0 aromatic heterocycles. The number of benzene rings is 2. The van der Waals surface area contributed by atoms with E-state index >= 15 is 0 Å². The minimum Gasteiger partial charge on any atom is -0.369 e. The van der Waals surface area contributed by atoms with Crippen molar-refractivity contribution in [3.63, 3.8) is 0 Å². The number of amides is 1. The Balaban J connectivity index is 1.97. The Morgan fingerprint density at radius 2 is 2.00 bits per heavy atom. The lowest BCUT2D eigenvalue weighted by atomic mass is 10.1. The van der Waals surface area contributed by atoms with Crippen molar-refractivity contribution >= 4 is 39.9 Å². The van der Waals surface area contributed by atoms with Crippen molar-refractivity contribution in [3.05, 3.63) is 57.4 Å². The van der Waals surface area contributed by atoms with Crippen molar-refractivity contribution in [3.8, 4) is 0 Å². The molecule has 3 rings (SSSR count). The fourth-order valence-corrected chi connectivity index (χ4v) is 2.65. The van der Waals surface area contributed by atoms with Gasteiger partial charge in [0, 0.05) is 20.5 Å². The van der Waals surface area contributed by atoms with Gasteiger partial charge in [0.1, 0.15) is 11.9 Å². The molecule has 0 bridgehead atoms. The number of carbonyl (C=O) groups is 1. The van der Waals surface area contributed by atoms with E-state index in [0.717, 1.165) is 9.26 Å².